The van der Waals surface area contributed by atoms with Gasteiger partial charge in [-0.05, 0) is 13.0 Å². The Morgan fingerprint density at radius 1 is 1.62 bits per heavy atom. The molecule has 0 aromatic rings. The molecule has 3 atom stereocenters. The average molecular weight is 182 g/mol. The molecular weight excluding hydrogens is 168 g/mol. The number of nitrogens with zero attached hydrogens (tertiary/aromatic N) is 2. The number of fused-ring (bicyclic) bond motifs is 3. The molecule has 0 aliphatic carbocycles. The molecule has 4 nitrogen and oxygen atoms in total. The lowest BCUT2D eigenvalue weighted by Gasteiger charge is -2.31. The van der Waals surface area contributed by atoms with E-state index in [1.807, 2.05) is 0 Å². The molecule has 1 spiro atoms. The summed E-state index contributed by atoms with van der Waals surface area (Å²) >= 11 is 0. The summed E-state index contributed by atoms with van der Waals surface area (Å²) in [6.07, 6.45) is 1.78. The van der Waals surface area contributed by atoms with Gasteiger partial charge < -0.3 is 0 Å². The van der Waals surface area contributed by atoms with Crippen LogP contribution in [0.25, 0.3) is 0 Å². The summed E-state index contributed by atoms with van der Waals surface area (Å²) in [5.41, 5.74) is -0.149. The minimum Gasteiger partial charge on any atom is -0.300 e. The van der Waals surface area contributed by atoms with E-state index in [4.69, 9.17) is 4.84 Å². The minimum absolute atomic E-state index is 0.133. The lowest BCUT2D eigenvalue weighted by atomic mass is 9.85. The Bertz CT molecular complexity index is 268. The fourth-order valence-electron chi connectivity index (χ4n) is 2.94. The number of rotatable bonds is 0. The first kappa shape index (κ1) is 7.76. The first-order chi connectivity index (χ1) is 6.20. The topological polar surface area (TPSA) is 32.8 Å². The normalized spacial score (nSPS) is 48.4. The molecule has 0 saturated carbocycles. The van der Waals surface area contributed by atoms with Crippen LogP contribution in [0, 0.1) is 5.92 Å². The fraction of sp³-hybridized carbons (Fsp3) is 0.889. The van der Waals surface area contributed by atoms with Gasteiger partial charge in [-0.15, -0.1) is 0 Å². The van der Waals surface area contributed by atoms with Crippen LogP contribution in [0.1, 0.15) is 12.8 Å². The number of carbonyl (C=O) groups excluding carboxylic acids is 1. The Hall–Kier alpha value is -0.610. The highest BCUT2D eigenvalue weighted by atomic mass is 16.7. The molecule has 72 valence electrons. The highest BCUT2D eigenvalue weighted by Gasteiger charge is 2.57. The van der Waals surface area contributed by atoms with Crippen LogP contribution in [0.4, 0.5) is 0 Å². The maximum atomic E-state index is 11.4. The van der Waals surface area contributed by atoms with Crippen LogP contribution in [0.5, 0.6) is 0 Å². The fourth-order valence-corrected chi connectivity index (χ4v) is 2.94. The van der Waals surface area contributed by atoms with Crippen LogP contribution in [0.2, 0.25) is 0 Å². The van der Waals surface area contributed by atoms with Crippen molar-refractivity contribution in [2.45, 2.75) is 18.4 Å². The van der Waals surface area contributed by atoms with Crippen molar-refractivity contribution < 1.29 is 9.63 Å². The van der Waals surface area contributed by atoms with Crippen LogP contribution in [-0.4, -0.2) is 48.2 Å². The summed E-state index contributed by atoms with van der Waals surface area (Å²) in [5.74, 6) is 0.718. The Labute approximate surface area is 77.4 Å². The highest BCUT2D eigenvalue weighted by Crippen LogP contribution is 2.44. The summed E-state index contributed by atoms with van der Waals surface area (Å²) in [6, 6.07) is 0. The van der Waals surface area contributed by atoms with Gasteiger partial charge in [0.15, 0.2) is 0 Å². The first-order valence-electron chi connectivity index (χ1n) is 4.88. The van der Waals surface area contributed by atoms with E-state index in [-0.39, 0.29) is 11.5 Å². The monoisotopic (exact) mass is 182 g/mol. The predicted molar refractivity (Wildman–Crippen MR) is 45.8 cm³/mol. The smallest absolute Gasteiger partial charge is 0.248 e. The molecule has 0 radical (unpaired) electrons. The van der Waals surface area contributed by atoms with E-state index in [0.29, 0.717) is 12.3 Å². The molecule has 3 fully saturated rings. The van der Waals surface area contributed by atoms with Crippen LogP contribution in [-0.2, 0) is 9.63 Å². The second kappa shape index (κ2) is 2.25. The molecule has 0 N–H and O–H groups in total. The zero-order chi connectivity index (χ0) is 9.05. The van der Waals surface area contributed by atoms with Crippen LogP contribution in [0.3, 0.4) is 0 Å². The molecule has 2 unspecified atom stereocenters. The van der Waals surface area contributed by atoms with Crippen molar-refractivity contribution in [3.8, 4) is 0 Å². The summed E-state index contributed by atoms with van der Waals surface area (Å²) < 4.78 is 0. The molecule has 1 amide bonds. The molecule has 2 bridgehead atoms. The summed E-state index contributed by atoms with van der Waals surface area (Å²) in [6.45, 7) is 3.27. The van der Waals surface area contributed by atoms with E-state index < -0.39 is 0 Å². The van der Waals surface area contributed by atoms with Crippen molar-refractivity contribution in [2.75, 3.05) is 26.7 Å². The van der Waals surface area contributed by atoms with E-state index >= 15 is 0 Å². The number of amides is 1. The van der Waals surface area contributed by atoms with Gasteiger partial charge in [0.05, 0.1) is 6.42 Å². The number of piperidine rings is 1. The molecule has 3 aliphatic rings. The Balaban J connectivity index is 1.88. The number of carbonyl (C=O) groups is 1. The quantitative estimate of drug-likeness (QED) is 0.522. The molecule has 13 heavy (non-hydrogen) atoms. The zero-order valence-electron chi connectivity index (χ0n) is 7.82. The molecule has 3 saturated heterocycles. The van der Waals surface area contributed by atoms with Gasteiger partial charge >= 0.3 is 0 Å². The molecule has 0 aromatic carbocycles. The number of hydroxylamine groups is 2. The SMILES string of the molecule is CN1O[C@@]2(CC1=O)CN1CCC2C1. The van der Waals surface area contributed by atoms with E-state index in [0.717, 1.165) is 13.1 Å². The standard InChI is InChI=1S/C9H14N2O2/c1-10-8(12)4-9(13-10)6-11-3-2-7(9)5-11/h7H,2-6H2,1H3/t7?,9-/m0/s1. The molecule has 4 heteroatoms. The van der Waals surface area contributed by atoms with Gasteiger partial charge in [-0.3, -0.25) is 14.5 Å². The van der Waals surface area contributed by atoms with Crippen LogP contribution >= 0.6 is 0 Å². The maximum absolute atomic E-state index is 11.4. The van der Waals surface area contributed by atoms with Crippen molar-refractivity contribution in [3.63, 3.8) is 0 Å². The Morgan fingerprint density at radius 3 is 2.92 bits per heavy atom. The van der Waals surface area contributed by atoms with Crippen molar-refractivity contribution in [2.24, 2.45) is 5.92 Å². The van der Waals surface area contributed by atoms with Gasteiger partial charge in [0.2, 0.25) is 5.91 Å². The second-order valence-electron chi connectivity index (χ2n) is 4.44. The lowest BCUT2D eigenvalue weighted by molar-refractivity contribution is -0.197. The average Bonchev–Trinajstić information content (AvgIpc) is 2.68. The van der Waals surface area contributed by atoms with E-state index in [9.17, 15) is 4.79 Å². The van der Waals surface area contributed by atoms with Gasteiger partial charge in [-0.25, -0.2) is 5.06 Å². The van der Waals surface area contributed by atoms with Gasteiger partial charge in [0, 0.05) is 26.1 Å². The third-order valence-corrected chi connectivity index (χ3v) is 3.63. The largest absolute Gasteiger partial charge is 0.300 e. The van der Waals surface area contributed by atoms with Gasteiger partial charge in [-0.2, -0.15) is 0 Å². The first-order valence-corrected chi connectivity index (χ1v) is 4.88. The highest BCUT2D eigenvalue weighted by molar-refractivity contribution is 5.78. The molecular formula is C9H14N2O2. The van der Waals surface area contributed by atoms with E-state index in [1.165, 1.54) is 18.0 Å². The third-order valence-electron chi connectivity index (χ3n) is 3.63. The molecule has 0 aromatic heterocycles. The van der Waals surface area contributed by atoms with E-state index in [2.05, 4.69) is 4.90 Å². The van der Waals surface area contributed by atoms with E-state index in [1.54, 1.807) is 7.05 Å². The third kappa shape index (κ3) is 0.901. The summed E-state index contributed by atoms with van der Waals surface area (Å²) in [5, 5.41) is 1.42. The van der Waals surface area contributed by atoms with Crippen LogP contribution < -0.4 is 0 Å². The van der Waals surface area contributed by atoms with Gasteiger partial charge in [0.25, 0.3) is 0 Å². The van der Waals surface area contributed by atoms with Crippen LogP contribution in [0.15, 0.2) is 0 Å². The molecule has 3 aliphatic heterocycles. The minimum atomic E-state index is -0.149. The Morgan fingerprint density at radius 2 is 2.46 bits per heavy atom. The maximum Gasteiger partial charge on any atom is 0.248 e. The van der Waals surface area contributed by atoms with Crippen molar-refractivity contribution in [1.29, 1.82) is 0 Å². The number of hydrogen-bond acceptors (Lipinski definition) is 3. The summed E-state index contributed by atoms with van der Waals surface area (Å²) in [4.78, 5) is 19.5. The molecule has 3 heterocycles. The zero-order valence-corrected chi connectivity index (χ0v) is 7.82. The molecule has 3 rings (SSSR count). The van der Waals surface area contributed by atoms with Gasteiger partial charge in [-0.1, -0.05) is 0 Å². The van der Waals surface area contributed by atoms with Crippen molar-refractivity contribution >= 4 is 5.91 Å². The second-order valence-corrected chi connectivity index (χ2v) is 4.44. The number of hydrogen-bond donors (Lipinski definition) is 0. The Kier molecular flexibility index (Phi) is 1.34. The lowest BCUT2D eigenvalue weighted by Crippen LogP contribution is -2.42. The van der Waals surface area contributed by atoms with Crippen molar-refractivity contribution in [3.05, 3.63) is 0 Å². The van der Waals surface area contributed by atoms with Gasteiger partial charge in [0.1, 0.15) is 5.60 Å². The predicted octanol–water partition coefficient (Wildman–Crippen LogP) is -0.146. The van der Waals surface area contributed by atoms with Crippen molar-refractivity contribution in [1.82, 2.24) is 9.96 Å². The summed E-state index contributed by atoms with van der Waals surface area (Å²) in [7, 11) is 1.72.